The molecule has 0 radical (unpaired) electrons. The molecule has 1 saturated heterocycles. The van der Waals surface area contributed by atoms with Gasteiger partial charge in [-0.2, -0.15) is 18.2 Å². The Bertz CT molecular complexity index is 805. The molecule has 0 unspecified atom stereocenters. The molecule has 2 aromatic rings. The van der Waals surface area contributed by atoms with Crippen LogP contribution in [0.3, 0.4) is 0 Å². The van der Waals surface area contributed by atoms with Gasteiger partial charge in [0.15, 0.2) is 0 Å². The molecule has 0 bridgehead atoms. The first-order valence-electron chi connectivity index (χ1n) is 8.51. The highest BCUT2D eigenvalue weighted by atomic mass is 19.4. The van der Waals surface area contributed by atoms with Crippen molar-refractivity contribution in [2.24, 2.45) is 0 Å². The zero-order chi connectivity index (χ0) is 19.4. The Morgan fingerprint density at radius 2 is 1.93 bits per heavy atom. The number of carbonyl (C=O) groups is 1. The molecule has 2 amide bonds. The van der Waals surface area contributed by atoms with E-state index in [4.69, 9.17) is 4.74 Å². The molecule has 0 saturated carbocycles. The number of aromatic nitrogens is 2. The number of piperidine rings is 1. The first kappa shape index (κ1) is 18.9. The molecule has 0 aliphatic carbocycles. The number of hydrogen-bond donors (Lipinski definition) is 1. The number of amides is 2. The molecule has 9 heteroatoms. The fraction of sp³-hybridized carbons (Fsp3) is 0.389. The molecule has 144 valence electrons. The van der Waals surface area contributed by atoms with E-state index in [2.05, 4.69) is 15.3 Å². The molecule has 2 heterocycles. The van der Waals surface area contributed by atoms with Crippen LogP contribution in [-0.4, -0.2) is 40.1 Å². The lowest BCUT2D eigenvalue weighted by atomic mass is 10.1. The second-order valence-corrected chi connectivity index (χ2v) is 6.22. The van der Waals surface area contributed by atoms with Crippen LogP contribution in [0.2, 0.25) is 0 Å². The highest BCUT2D eigenvalue weighted by Gasteiger charge is 2.34. The normalized spacial score (nSPS) is 15.5. The summed E-state index contributed by atoms with van der Waals surface area (Å²) in [7, 11) is 0. The molecule has 0 spiro atoms. The summed E-state index contributed by atoms with van der Waals surface area (Å²) >= 11 is 0. The molecular formula is C18H19F3N4O2. The number of para-hydroxylation sites is 1. The van der Waals surface area contributed by atoms with E-state index in [-0.39, 0.29) is 11.8 Å². The van der Waals surface area contributed by atoms with Crippen molar-refractivity contribution in [3.63, 3.8) is 0 Å². The molecule has 1 N–H and O–H groups in total. The van der Waals surface area contributed by atoms with Gasteiger partial charge in [0.25, 0.3) is 0 Å². The van der Waals surface area contributed by atoms with E-state index < -0.39 is 17.8 Å². The second kappa shape index (κ2) is 7.81. The standard InChI is InChI=1S/C18H19F3N4O2/c1-12-22-9-6-16(23-12)27-13-7-10-25(11-8-13)17(26)24-15-5-3-2-4-14(15)18(19,20)21/h2-6,9,13H,7-8,10-11H2,1H3,(H,24,26). The van der Waals surface area contributed by atoms with Crippen molar-refractivity contribution < 1.29 is 22.7 Å². The molecule has 1 aliphatic rings. The third-order valence-corrected chi connectivity index (χ3v) is 4.24. The lowest BCUT2D eigenvalue weighted by molar-refractivity contribution is -0.136. The van der Waals surface area contributed by atoms with Gasteiger partial charge in [-0.05, 0) is 19.1 Å². The Labute approximate surface area is 154 Å². The number of nitrogens with zero attached hydrogens (tertiary/aromatic N) is 3. The monoisotopic (exact) mass is 380 g/mol. The van der Waals surface area contributed by atoms with Gasteiger partial charge in [-0.3, -0.25) is 0 Å². The summed E-state index contributed by atoms with van der Waals surface area (Å²) < 4.78 is 44.9. The summed E-state index contributed by atoms with van der Waals surface area (Å²) in [4.78, 5) is 22.0. The number of ether oxygens (including phenoxy) is 1. The predicted molar refractivity (Wildman–Crippen MR) is 92.5 cm³/mol. The third-order valence-electron chi connectivity index (χ3n) is 4.24. The summed E-state index contributed by atoms with van der Waals surface area (Å²) in [5.41, 5.74) is -1.11. The first-order valence-corrected chi connectivity index (χ1v) is 8.51. The van der Waals surface area contributed by atoms with Gasteiger partial charge in [0.1, 0.15) is 11.9 Å². The molecule has 1 aliphatic heterocycles. The van der Waals surface area contributed by atoms with Crippen molar-refractivity contribution in [3.05, 3.63) is 47.9 Å². The maximum Gasteiger partial charge on any atom is 0.418 e. The molecule has 0 atom stereocenters. The average Bonchev–Trinajstić information content (AvgIpc) is 2.62. The SMILES string of the molecule is Cc1nccc(OC2CCN(C(=O)Nc3ccccc3C(F)(F)F)CC2)n1. The summed E-state index contributed by atoms with van der Waals surface area (Å²) in [6, 6.07) is 6.04. The van der Waals surface area contributed by atoms with Crippen LogP contribution >= 0.6 is 0 Å². The number of halogens is 3. The van der Waals surface area contributed by atoms with Crippen LogP contribution in [0.15, 0.2) is 36.5 Å². The van der Waals surface area contributed by atoms with E-state index in [1.165, 1.54) is 23.1 Å². The summed E-state index contributed by atoms with van der Waals surface area (Å²) in [5.74, 6) is 1.08. The molecule has 6 nitrogen and oxygen atoms in total. The first-order chi connectivity index (χ1) is 12.8. The quantitative estimate of drug-likeness (QED) is 0.878. The smallest absolute Gasteiger partial charge is 0.418 e. The van der Waals surface area contributed by atoms with Crippen LogP contribution < -0.4 is 10.1 Å². The van der Waals surface area contributed by atoms with Crippen molar-refractivity contribution in [2.75, 3.05) is 18.4 Å². The Hall–Kier alpha value is -2.84. The minimum absolute atomic E-state index is 0.106. The number of aryl methyl sites for hydroxylation is 1. The lowest BCUT2D eigenvalue weighted by Gasteiger charge is -2.32. The van der Waals surface area contributed by atoms with Gasteiger partial charge in [0.05, 0.1) is 11.3 Å². The van der Waals surface area contributed by atoms with E-state index in [0.29, 0.717) is 37.6 Å². The summed E-state index contributed by atoms with van der Waals surface area (Å²) in [6.07, 6.45) is -1.89. The van der Waals surface area contributed by atoms with Gasteiger partial charge < -0.3 is 15.0 Å². The van der Waals surface area contributed by atoms with Crippen LogP contribution in [0.1, 0.15) is 24.2 Å². The molecular weight excluding hydrogens is 361 g/mol. The fourth-order valence-corrected chi connectivity index (χ4v) is 2.88. The molecule has 3 rings (SSSR count). The van der Waals surface area contributed by atoms with E-state index in [1.54, 1.807) is 19.2 Å². The minimum atomic E-state index is -4.53. The molecule has 1 aromatic heterocycles. The van der Waals surface area contributed by atoms with Crippen LogP contribution in [0, 0.1) is 6.92 Å². The minimum Gasteiger partial charge on any atom is -0.474 e. The van der Waals surface area contributed by atoms with Crippen LogP contribution in [-0.2, 0) is 6.18 Å². The van der Waals surface area contributed by atoms with E-state index in [0.717, 1.165) is 6.07 Å². The number of hydrogen-bond acceptors (Lipinski definition) is 4. The summed E-state index contributed by atoms with van der Waals surface area (Å²) in [5, 5.41) is 2.36. The summed E-state index contributed by atoms with van der Waals surface area (Å²) in [6.45, 7) is 2.53. The van der Waals surface area contributed by atoms with E-state index >= 15 is 0 Å². The van der Waals surface area contributed by atoms with E-state index in [9.17, 15) is 18.0 Å². The number of alkyl halides is 3. The number of likely N-dealkylation sites (tertiary alicyclic amines) is 1. The number of rotatable bonds is 3. The van der Waals surface area contributed by atoms with Crippen molar-refractivity contribution >= 4 is 11.7 Å². The lowest BCUT2D eigenvalue weighted by Crippen LogP contribution is -2.44. The van der Waals surface area contributed by atoms with Crippen LogP contribution in [0.25, 0.3) is 0 Å². The Balaban J connectivity index is 1.56. The number of benzene rings is 1. The third kappa shape index (κ3) is 4.87. The van der Waals surface area contributed by atoms with Crippen molar-refractivity contribution in [2.45, 2.75) is 32.0 Å². The van der Waals surface area contributed by atoms with Crippen molar-refractivity contribution in [1.29, 1.82) is 0 Å². The zero-order valence-corrected chi connectivity index (χ0v) is 14.7. The van der Waals surface area contributed by atoms with Gasteiger partial charge in [-0.1, -0.05) is 12.1 Å². The highest BCUT2D eigenvalue weighted by Crippen LogP contribution is 2.34. The highest BCUT2D eigenvalue weighted by molar-refractivity contribution is 5.90. The maximum atomic E-state index is 13.0. The maximum absolute atomic E-state index is 13.0. The van der Waals surface area contributed by atoms with Gasteiger partial charge in [0, 0.05) is 38.2 Å². The Morgan fingerprint density at radius 1 is 1.22 bits per heavy atom. The number of carbonyl (C=O) groups excluding carboxylic acids is 1. The Kier molecular flexibility index (Phi) is 5.48. The van der Waals surface area contributed by atoms with Gasteiger partial charge in [-0.15, -0.1) is 0 Å². The molecule has 27 heavy (non-hydrogen) atoms. The average molecular weight is 380 g/mol. The van der Waals surface area contributed by atoms with Gasteiger partial charge >= 0.3 is 12.2 Å². The Morgan fingerprint density at radius 3 is 2.59 bits per heavy atom. The van der Waals surface area contributed by atoms with Gasteiger partial charge in [0.2, 0.25) is 5.88 Å². The zero-order valence-electron chi connectivity index (χ0n) is 14.7. The fourth-order valence-electron chi connectivity index (χ4n) is 2.88. The van der Waals surface area contributed by atoms with Gasteiger partial charge in [-0.25, -0.2) is 9.78 Å². The topological polar surface area (TPSA) is 67.3 Å². The van der Waals surface area contributed by atoms with Crippen molar-refractivity contribution in [3.8, 4) is 5.88 Å². The number of nitrogens with one attached hydrogen (secondary N) is 1. The van der Waals surface area contributed by atoms with Crippen LogP contribution in [0.5, 0.6) is 5.88 Å². The van der Waals surface area contributed by atoms with E-state index in [1.807, 2.05) is 0 Å². The molecule has 1 fully saturated rings. The largest absolute Gasteiger partial charge is 0.474 e. The second-order valence-electron chi connectivity index (χ2n) is 6.22. The number of urea groups is 1. The predicted octanol–water partition coefficient (Wildman–Crippen LogP) is 3.88. The van der Waals surface area contributed by atoms with Crippen LogP contribution in [0.4, 0.5) is 23.7 Å². The van der Waals surface area contributed by atoms with Crippen molar-refractivity contribution in [1.82, 2.24) is 14.9 Å². The number of anilines is 1. The molecule has 1 aromatic carbocycles.